The molecule has 1 heterocycles. The van der Waals surface area contributed by atoms with Crippen molar-refractivity contribution in [2.45, 2.75) is 19.4 Å². The molecule has 0 aliphatic carbocycles. The van der Waals surface area contributed by atoms with Crippen molar-refractivity contribution in [2.75, 3.05) is 6.54 Å². The number of benzene rings is 2. The van der Waals surface area contributed by atoms with E-state index in [1.165, 1.54) is 0 Å². The molecule has 0 bridgehead atoms. The molecule has 0 fully saturated rings. The number of aryl methyl sites for hydroxylation is 1. The first-order valence-corrected chi connectivity index (χ1v) is 7.78. The third-order valence-electron chi connectivity index (χ3n) is 3.96. The first-order valence-electron chi connectivity index (χ1n) is 6.99. The fourth-order valence-corrected chi connectivity index (χ4v) is 2.92. The number of carbonyl (C=O) groups is 1. The van der Waals surface area contributed by atoms with E-state index in [9.17, 15) is 4.79 Å². The Labute approximate surface area is 132 Å². The van der Waals surface area contributed by atoms with E-state index in [2.05, 4.69) is 27.3 Å². The highest BCUT2D eigenvalue weighted by molar-refractivity contribution is 9.10. The maximum absolute atomic E-state index is 11.9. The summed E-state index contributed by atoms with van der Waals surface area (Å²) in [6, 6.07) is 11.8. The van der Waals surface area contributed by atoms with E-state index in [1.54, 1.807) is 0 Å². The molecule has 1 aliphatic heterocycles. The molecule has 1 aliphatic rings. The van der Waals surface area contributed by atoms with E-state index in [4.69, 9.17) is 5.73 Å². The average molecular weight is 345 g/mol. The monoisotopic (exact) mass is 344 g/mol. The maximum Gasteiger partial charge on any atom is 0.251 e. The molecule has 0 saturated heterocycles. The third-order valence-corrected chi connectivity index (χ3v) is 4.85. The lowest BCUT2D eigenvalue weighted by Crippen LogP contribution is -2.32. The minimum Gasteiger partial charge on any atom is -0.352 e. The van der Waals surface area contributed by atoms with Gasteiger partial charge in [-0.2, -0.15) is 0 Å². The van der Waals surface area contributed by atoms with Gasteiger partial charge in [0.25, 0.3) is 5.91 Å². The first kappa shape index (κ1) is 14.3. The number of hydrogen-bond donors (Lipinski definition) is 2. The smallest absolute Gasteiger partial charge is 0.251 e. The fourth-order valence-electron chi connectivity index (χ4n) is 2.68. The summed E-state index contributed by atoms with van der Waals surface area (Å²) < 4.78 is 1.07. The second-order valence-corrected chi connectivity index (χ2v) is 6.26. The van der Waals surface area contributed by atoms with E-state index in [0.717, 1.165) is 38.7 Å². The van der Waals surface area contributed by atoms with Gasteiger partial charge in [0.05, 0.1) is 6.04 Å². The molecule has 0 aromatic heterocycles. The Kier molecular flexibility index (Phi) is 3.83. The molecule has 1 atom stereocenters. The third kappa shape index (κ3) is 2.74. The lowest BCUT2D eigenvalue weighted by atomic mass is 9.92. The number of carbonyl (C=O) groups excluding carboxylic acids is 1. The molecule has 108 valence electrons. The average Bonchev–Trinajstić information content (AvgIpc) is 2.49. The van der Waals surface area contributed by atoms with Crippen LogP contribution < -0.4 is 11.1 Å². The van der Waals surface area contributed by atoms with Crippen LogP contribution in [0, 0.1) is 6.92 Å². The predicted molar refractivity (Wildman–Crippen MR) is 87.4 cm³/mol. The summed E-state index contributed by atoms with van der Waals surface area (Å²) in [6.07, 6.45) is 0.883. The standard InChI is InChI=1S/C17H17BrN2O/c1-10-8-12(4-5-15(10)18)16(19)13-3-2-11-6-7-20-17(21)14(11)9-13/h2-5,8-9,16H,6-7,19H2,1H3,(H,20,21). The predicted octanol–water partition coefficient (Wildman–Crippen LogP) is 3.09. The number of fused-ring (bicyclic) bond motifs is 1. The second-order valence-electron chi connectivity index (χ2n) is 5.41. The van der Waals surface area contributed by atoms with Crippen LogP contribution >= 0.6 is 15.9 Å². The first-order chi connectivity index (χ1) is 10.1. The number of rotatable bonds is 2. The summed E-state index contributed by atoms with van der Waals surface area (Å²) in [5, 5.41) is 2.87. The Morgan fingerprint density at radius 2 is 1.90 bits per heavy atom. The van der Waals surface area contributed by atoms with Gasteiger partial charge in [0.1, 0.15) is 0 Å². The van der Waals surface area contributed by atoms with Gasteiger partial charge in [0, 0.05) is 16.6 Å². The van der Waals surface area contributed by atoms with E-state index in [1.807, 2.05) is 37.3 Å². The number of nitrogens with two attached hydrogens (primary N) is 1. The Hall–Kier alpha value is -1.65. The van der Waals surface area contributed by atoms with Gasteiger partial charge < -0.3 is 11.1 Å². The lowest BCUT2D eigenvalue weighted by molar-refractivity contribution is 0.0946. The van der Waals surface area contributed by atoms with Gasteiger partial charge in [0.2, 0.25) is 0 Å². The largest absolute Gasteiger partial charge is 0.352 e. The molecule has 1 unspecified atom stereocenters. The summed E-state index contributed by atoms with van der Waals surface area (Å²) in [5.74, 6) is -0.00251. The van der Waals surface area contributed by atoms with Gasteiger partial charge in [-0.25, -0.2) is 0 Å². The van der Waals surface area contributed by atoms with Crippen molar-refractivity contribution in [3.8, 4) is 0 Å². The van der Waals surface area contributed by atoms with Gasteiger partial charge in [-0.05, 0) is 47.7 Å². The van der Waals surface area contributed by atoms with E-state index in [-0.39, 0.29) is 11.9 Å². The second kappa shape index (κ2) is 5.62. The number of halogens is 1. The van der Waals surface area contributed by atoms with Crippen LogP contribution in [-0.4, -0.2) is 12.5 Å². The van der Waals surface area contributed by atoms with Gasteiger partial charge in [-0.3, -0.25) is 4.79 Å². The van der Waals surface area contributed by atoms with Crippen LogP contribution in [0.1, 0.15) is 38.7 Å². The normalized spacial score (nSPS) is 15.3. The Morgan fingerprint density at radius 3 is 2.67 bits per heavy atom. The topological polar surface area (TPSA) is 55.1 Å². The zero-order valence-electron chi connectivity index (χ0n) is 11.8. The van der Waals surface area contributed by atoms with Gasteiger partial charge in [-0.15, -0.1) is 0 Å². The number of nitrogens with one attached hydrogen (secondary N) is 1. The lowest BCUT2D eigenvalue weighted by Gasteiger charge is -2.20. The highest BCUT2D eigenvalue weighted by atomic mass is 79.9. The molecule has 3 nitrogen and oxygen atoms in total. The minimum atomic E-state index is -0.225. The highest BCUT2D eigenvalue weighted by Gasteiger charge is 2.19. The van der Waals surface area contributed by atoms with E-state index >= 15 is 0 Å². The van der Waals surface area contributed by atoms with Crippen LogP contribution in [-0.2, 0) is 6.42 Å². The SMILES string of the molecule is Cc1cc(C(N)c2ccc3c(c2)C(=O)NCC3)ccc1Br. The summed E-state index contributed by atoms with van der Waals surface area (Å²) >= 11 is 3.50. The number of hydrogen-bond acceptors (Lipinski definition) is 2. The van der Waals surface area contributed by atoms with Crippen molar-refractivity contribution in [1.29, 1.82) is 0 Å². The quantitative estimate of drug-likeness (QED) is 0.879. The zero-order valence-corrected chi connectivity index (χ0v) is 13.4. The van der Waals surface area contributed by atoms with Gasteiger partial charge in [-0.1, -0.05) is 40.2 Å². The Morgan fingerprint density at radius 1 is 1.19 bits per heavy atom. The van der Waals surface area contributed by atoms with Crippen LogP contribution in [0.3, 0.4) is 0 Å². The molecule has 2 aromatic rings. The van der Waals surface area contributed by atoms with Crippen molar-refractivity contribution in [1.82, 2.24) is 5.32 Å². The van der Waals surface area contributed by atoms with Crippen LogP contribution in [0.25, 0.3) is 0 Å². The molecule has 3 N–H and O–H groups in total. The molecule has 1 amide bonds. The van der Waals surface area contributed by atoms with Gasteiger partial charge in [0.15, 0.2) is 0 Å². The van der Waals surface area contributed by atoms with E-state index in [0.29, 0.717) is 6.54 Å². The summed E-state index contributed by atoms with van der Waals surface area (Å²) in [7, 11) is 0. The van der Waals surface area contributed by atoms with E-state index < -0.39 is 0 Å². The molecule has 2 aromatic carbocycles. The number of amides is 1. The molecular weight excluding hydrogens is 328 g/mol. The van der Waals surface area contributed by atoms with Crippen molar-refractivity contribution >= 4 is 21.8 Å². The Bertz CT molecular complexity index is 712. The molecule has 4 heteroatoms. The van der Waals surface area contributed by atoms with Crippen LogP contribution in [0.5, 0.6) is 0 Å². The molecule has 0 saturated carbocycles. The van der Waals surface area contributed by atoms with Crippen LogP contribution in [0.15, 0.2) is 40.9 Å². The molecule has 0 spiro atoms. The van der Waals surface area contributed by atoms with Crippen molar-refractivity contribution < 1.29 is 4.79 Å². The van der Waals surface area contributed by atoms with Gasteiger partial charge >= 0.3 is 0 Å². The zero-order chi connectivity index (χ0) is 15.0. The minimum absolute atomic E-state index is 0.00251. The summed E-state index contributed by atoms with van der Waals surface area (Å²) in [4.78, 5) is 11.9. The molecular formula is C17H17BrN2O. The molecule has 0 radical (unpaired) electrons. The summed E-state index contributed by atoms with van der Waals surface area (Å²) in [5.41, 5.74) is 11.4. The maximum atomic E-state index is 11.9. The van der Waals surface area contributed by atoms with Crippen molar-refractivity contribution in [2.24, 2.45) is 5.73 Å². The summed E-state index contributed by atoms with van der Waals surface area (Å²) in [6.45, 7) is 2.75. The highest BCUT2D eigenvalue weighted by Crippen LogP contribution is 2.26. The molecule has 21 heavy (non-hydrogen) atoms. The Balaban J connectivity index is 1.98. The van der Waals surface area contributed by atoms with Crippen molar-refractivity contribution in [3.05, 3.63) is 68.7 Å². The van der Waals surface area contributed by atoms with Crippen LogP contribution in [0.4, 0.5) is 0 Å². The fraction of sp³-hybridized carbons (Fsp3) is 0.235. The molecule has 3 rings (SSSR count). The van der Waals surface area contributed by atoms with Crippen molar-refractivity contribution in [3.63, 3.8) is 0 Å². The van der Waals surface area contributed by atoms with Crippen LogP contribution in [0.2, 0.25) is 0 Å².